The van der Waals surface area contributed by atoms with Gasteiger partial charge >= 0.3 is 0 Å². The Morgan fingerprint density at radius 1 is 1.05 bits per heavy atom. The van der Waals surface area contributed by atoms with Crippen molar-refractivity contribution in [2.45, 2.75) is 19.9 Å². The van der Waals surface area contributed by atoms with Crippen LogP contribution in [0.25, 0.3) is 11.4 Å². The molecule has 3 aromatic rings. The minimum Gasteiger partial charge on any atom is -0.156 e. The molecule has 2 aromatic carbocycles. The van der Waals surface area contributed by atoms with Crippen LogP contribution in [0.1, 0.15) is 24.1 Å². The lowest BCUT2D eigenvalue weighted by Crippen LogP contribution is -2.11. The minimum atomic E-state index is -0.0644. The summed E-state index contributed by atoms with van der Waals surface area (Å²) in [7, 11) is 0. The summed E-state index contributed by atoms with van der Waals surface area (Å²) in [6, 6.07) is 15.7. The number of hydrogen-bond donors (Lipinski definition) is 0. The lowest BCUT2D eigenvalue weighted by Gasteiger charge is -2.11. The molecule has 4 nitrogen and oxygen atoms in total. The maximum Gasteiger partial charge on any atom is 0.204 e. The number of tetrazole rings is 1. The van der Waals surface area contributed by atoms with Gasteiger partial charge in [0.2, 0.25) is 5.82 Å². The average molecular weight is 299 g/mol. The number of aryl methyl sites for hydroxylation is 1. The first kappa shape index (κ1) is 13.8. The molecular formula is C16H15ClN4. The summed E-state index contributed by atoms with van der Waals surface area (Å²) in [5.74, 6) is 0.619. The van der Waals surface area contributed by atoms with E-state index >= 15 is 0 Å². The van der Waals surface area contributed by atoms with Crippen LogP contribution in [-0.4, -0.2) is 20.2 Å². The van der Waals surface area contributed by atoms with E-state index in [2.05, 4.69) is 15.4 Å². The number of aromatic nitrogens is 4. The van der Waals surface area contributed by atoms with Gasteiger partial charge in [-0.15, -0.1) is 10.2 Å². The zero-order chi connectivity index (χ0) is 14.8. The third-order valence-corrected chi connectivity index (χ3v) is 3.78. The van der Waals surface area contributed by atoms with E-state index in [-0.39, 0.29) is 6.04 Å². The molecule has 0 unspecified atom stereocenters. The summed E-state index contributed by atoms with van der Waals surface area (Å²) in [6.07, 6.45) is 0. The zero-order valence-corrected chi connectivity index (χ0v) is 12.6. The maximum atomic E-state index is 6.22. The molecule has 0 radical (unpaired) electrons. The van der Waals surface area contributed by atoms with Crippen molar-refractivity contribution in [1.29, 1.82) is 0 Å². The molecule has 0 bridgehead atoms. The predicted molar refractivity (Wildman–Crippen MR) is 83.3 cm³/mol. The van der Waals surface area contributed by atoms with Gasteiger partial charge in [-0.2, -0.15) is 4.80 Å². The summed E-state index contributed by atoms with van der Waals surface area (Å²) >= 11 is 6.22. The van der Waals surface area contributed by atoms with Gasteiger partial charge in [0, 0.05) is 10.6 Å². The lowest BCUT2D eigenvalue weighted by atomic mass is 10.1. The molecular weight excluding hydrogens is 284 g/mol. The SMILES string of the molecule is Cc1ccc(-c2nnn([C@H](C)c3ccccc3Cl)n2)cc1. The average Bonchev–Trinajstić information content (AvgIpc) is 2.98. The minimum absolute atomic E-state index is 0.0644. The quantitative estimate of drug-likeness (QED) is 0.736. The van der Waals surface area contributed by atoms with Crippen molar-refractivity contribution in [1.82, 2.24) is 20.2 Å². The zero-order valence-electron chi connectivity index (χ0n) is 11.9. The van der Waals surface area contributed by atoms with Gasteiger partial charge in [0.25, 0.3) is 0 Å². The molecule has 1 atom stereocenters. The topological polar surface area (TPSA) is 43.6 Å². The van der Waals surface area contributed by atoms with Crippen molar-refractivity contribution < 1.29 is 0 Å². The third kappa shape index (κ3) is 2.81. The molecule has 0 fully saturated rings. The van der Waals surface area contributed by atoms with Gasteiger partial charge in [0.05, 0.1) is 6.04 Å². The normalized spacial score (nSPS) is 12.3. The monoisotopic (exact) mass is 298 g/mol. The van der Waals surface area contributed by atoms with Crippen molar-refractivity contribution in [2.24, 2.45) is 0 Å². The molecule has 0 aliphatic heterocycles. The van der Waals surface area contributed by atoms with Crippen LogP contribution in [0.15, 0.2) is 48.5 Å². The molecule has 0 amide bonds. The Kier molecular flexibility index (Phi) is 3.71. The summed E-state index contributed by atoms with van der Waals surface area (Å²) in [5.41, 5.74) is 3.14. The van der Waals surface area contributed by atoms with Crippen LogP contribution >= 0.6 is 11.6 Å². The van der Waals surface area contributed by atoms with E-state index in [0.29, 0.717) is 10.8 Å². The maximum absolute atomic E-state index is 6.22. The van der Waals surface area contributed by atoms with Crippen LogP contribution in [0, 0.1) is 6.92 Å². The molecule has 0 saturated carbocycles. The Morgan fingerprint density at radius 3 is 2.48 bits per heavy atom. The highest BCUT2D eigenvalue weighted by Crippen LogP contribution is 2.25. The Bertz CT molecular complexity index is 749. The summed E-state index contributed by atoms with van der Waals surface area (Å²) in [4.78, 5) is 1.59. The molecule has 1 heterocycles. The predicted octanol–water partition coefficient (Wildman–Crippen LogP) is 3.91. The second-order valence-corrected chi connectivity index (χ2v) is 5.40. The van der Waals surface area contributed by atoms with E-state index in [0.717, 1.165) is 11.1 Å². The lowest BCUT2D eigenvalue weighted by molar-refractivity contribution is 0.481. The summed E-state index contributed by atoms with van der Waals surface area (Å²) in [6.45, 7) is 4.05. The molecule has 3 rings (SSSR count). The van der Waals surface area contributed by atoms with E-state index in [9.17, 15) is 0 Å². The van der Waals surface area contributed by atoms with E-state index in [4.69, 9.17) is 11.6 Å². The number of halogens is 1. The van der Waals surface area contributed by atoms with E-state index < -0.39 is 0 Å². The Hall–Kier alpha value is -2.20. The standard InChI is InChI=1S/C16H15ClN4/c1-11-7-9-13(10-8-11)16-18-20-21(19-16)12(2)14-5-3-4-6-15(14)17/h3-10,12H,1-2H3/t12-/m1/s1. The second-order valence-electron chi connectivity index (χ2n) is 5.00. The van der Waals surface area contributed by atoms with E-state index in [1.54, 1.807) is 4.80 Å². The van der Waals surface area contributed by atoms with Gasteiger partial charge < -0.3 is 0 Å². The summed E-state index contributed by atoms with van der Waals surface area (Å²) < 4.78 is 0. The molecule has 0 aliphatic carbocycles. The van der Waals surface area contributed by atoms with Crippen molar-refractivity contribution in [3.63, 3.8) is 0 Å². The van der Waals surface area contributed by atoms with Crippen LogP contribution in [0.4, 0.5) is 0 Å². The van der Waals surface area contributed by atoms with Crippen LogP contribution in [0.2, 0.25) is 5.02 Å². The molecule has 1 aromatic heterocycles. The van der Waals surface area contributed by atoms with Crippen molar-refractivity contribution in [3.05, 3.63) is 64.7 Å². The fourth-order valence-electron chi connectivity index (χ4n) is 2.15. The first-order valence-electron chi connectivity index (χ1n) is 6.76. The van der Waals surface area contributed by atoms with Gasteiger partial charge in [-0.3, -0.25) is 0 Å². The van der Waals surface area contributed by atoms with Gasteiger partial charge in [-0.25, -0.2) is 0 Å². The number of benzene rings is 2. The van der Waals surface area contributed by atoms with Crippen LogP contribution in [-0.2, 0) is 0 Å². The van der Waals surface area contributed by atoms with Gasteiger partial charge in [0.15, 0.2) is 0 Å². The second kappa shape index (κ2) is 5.66. The smallest absolute Gasteiger partial charge is 0.156 e. The van der Waals surface area contributed by atoms with Crippen molar-refractivity contribution >= 4 is 11.6 Å². The van der Waals surface area contributed by atoms with Crippen molar-refractivity contribution in [2.75, 3.05) is 0 Å². The molecule has 0 saturated heterocycles. The van der Waals surface area contributed by atoms with Gasteiger partial charge in [-0.1, -0.05) is 59.6 Å². The summed E-state index contributed by atoms with van der Waals surface area (Å²) in [5, 5.41) is 13.5. The van der Waals surface area contributed by atoms with Crippen LogP contribution < -0.4 is 0 Å². The van der Waals surface area contributed by atoms with Crippen molar-refractivity contribution in [3.8, 4) is 11.4 Å². The first-order chi connectivity index (χ1) is 10.1. The number of nitrogens with zero attached hydrogens (tertiary/aromatic N) is 4. The Morgan fingerprint density at radius 2 is 1.76 bits per heavy atom. The van der Waals surface area contributed by atoms with E-state index in [1.165, 1.54) is 5.56 Å². The Labute approximate surface area is 128 Å². The molecule has 0 spiro atoms. The highest BCUT2D eigenvalue weighted by atomic mass is 35.5. The fraction of sp³-hybridized carbons (Fsp3) is 0.188. The van der Waals surface area contributed by atoms with Crippen LogP contribution in [0.3, 0.4) is 0 Å². The highest BCUT2D eigenvalue weighted by molar-refractivity contribution is 6.31. The van der Waals surface area contributed by atoms with Gasteiger partial charge in [-0.05, 0) is 30.7 Å². The Balaban J connectivity index is 1.91. The van der Waals surface area contributed by atoms with Gasteiger partial charge in [0.1, 0.15) is 0 Å². The number of rotatable bonds is 3. The third-order valence-electron chi connectivity index (χ3n) is 3.44. The molecule has 0 N–H and O–H groups in total. The molecule has 21 heavy (non-hydrogen) atoms. The molecule has 5 heteroatoms. The molecule has 106 valence electrons. The fourth-order valence-corrected chi connectivity index (χ4v) is 2.44. The largest absolute Gasteiger partial charge is 0.204 e. The highest BCUT2D eigenvalue weighted by Gasteiger charge is 2.15. The van der Waals surface area contributed by atoms with Crippen LogP contribution in [0.5, 0.6) is 0 Å². The number of hydrogen-bond acceptors (Lipinski definition) is 3. The first-order valence-corrected chi connectivity index (χ1v) is 7.14. The van der Waals surface area contributed by atoms with E-state index in [1.807, 2.05) is 62.4 Å². The molecule has 0 aliphatic rings.